The van der Waals surface area contributed by atoms with Gasteiger partial charge in [0.15, 0.2) is 0 Å². The highest BCUT2D eigenvalue weighted by Gasteiger charge is 2.48. The van der Waals surface area contributed by atoms with Crippen molar-refractivity contribution in [2.75, 3.05) is 0 Å². The summed E-state index contributed by atoms with van der Waals surface area (Å²) in [5.74, 6) is -0.592. The van der Waals surface area contributed by atoms with Crippen molar-refractivity contribution in [1.82, 2.24) is 5.32 Å². The Morgan fingerprint density at radius 2 is 1.53 bits per heavy atom. The van der Waals surface area contributed by atoms with Crippen LogP contribution in [0.1, 0.15) is 47.0 Å². The van der Waals surface area contributed by atoms with E-state index in [1.807, 2.05) is 0 Å². The molecule has 0 bridgehead atoms. The second-order valence-corrected chi connectivity index (χ2v) is 9.45. The first kappa shape index (κ1) is 17.1. The van der Waals surface area contributed by atoms with Crippen molar-refractivity contribution < 1.29 is 4.79 Å². The Kier molecular flexibility index (Phi) is 4.62. The third-order valence-electron chi connectivity index (χ3n) is 3.56. The molecule has 0 aromatic rings. The average Bonchev–Trinajstić information content (AvgIpc) is 2.10. The van der Waals surface area contributed by atoms with Crippen molar-refractivity contribution in [3.63, 3.8) is 0 Å². The highest BCUT2D eigenvalue weighted by atomic mass is 35.6. The van der Waals surface area contributed by atoms with E-state index in [9.17, 15) is 4.79 Å². The number of carbonyl (C=O) groups is 1. The second-order valence-electron chi connectivity index (χ2n) is 7.17. The zero-order chi connectivity index (χ0) is 15.1. The Morgan fingerprint density at radius 3 is 1.84 bits per heavy atom. The van der Waals surface area contributed by atoms with Crippen LogP contribution >= 0.6 is 34.8 Å². The van der Waals surface area contributed by atoms with Crippen LogP contribution in [0, 0.1) is 10.8 Å². The number of hydrogen-bond acceptors (Lipinski definition) is 1. The fraction of sp³-hybridized carbons (Fsp3) is 0.786. The summed E-state index contributed by atoms with van der Waals surface area (Å²) in [7, 11) is 0. The molecule has 110 valence electrons. The largest absolute Gasteiger partial charge is 0.343 e. The molecule has 0 radical (unpaired) electrons. The fourth-order valence-electron chi connectivity index (χ4n) is 3.77. The van der Waals surface area contributed by atoms with Gasteiger partial charge in [-0.1, -0.05) is 68.6 Å². The van der Waals surface area contributed by atoms with E-state index < -0.39 is 15.2 Å². The number of amides is 1. The van der Waals surface area contributed by atoms with Crippen molar-refractivity contribution in [3.8, 4) is 0 Å². The molecule has 0 saturated heterocycles. The van der Waals surface area contributed by atoms with Gasteiger partial charge in [0, 0.05) is 0 Å². The zero-order valence-electron chi connectivity index (χ0n) is 11.9. The predicted molar refractivity (Wildman–Crippen MR) is 82.8 cm³/mol. The monoisotopic (exact) mass is 325 g/mol. The molecule has 2 nitrogen and oxygen atoms in total. The second kappa shape index (κ2) is 5.13. The molecule has 0 heterocycles. The minimum absolute atomic E-state index is 0.0941. The Balaban J connectivity index is 3.03. The van der Waals surface area contributed by atoms with Gasteiger partial charge >= 0.3 is 0 Å². The lowest BCUT2D eigenvalue weighted by atomic mass is 9.58. The zero-order valence-corrected chi connectivity index (χ0v) is 14.2. The van der Waals surface area contributed by atoms with E-state index in [1.165, 1.54) is 0 Å². The molecule has 1 aliphatic carbocycles. The van der Waals surface area contributed by atoms with Crippen molar-refractivity contribution >= 4 is 40.7 Å². The highest BCUT2D eigenvalue weighted by molar-refractivity contribution is 6.76. The predicted octanol–water partition coefficient (Wildman–Crippen LogP) is 4.63. The Labute approximate surface area is 130 Å². The summed E-state index contributed by atoms with van der Waals surface area (Å²) < 4.78 is -1.94. The molecule has 1 rings (SSSR count). The molecule has 0 aromatic carbocycles. The topological polar surface area (TPSA) is 29.1 Å². The molecule has 1 saturated carbocycles. The number of alkyl halides is 3. The van der Waals surface area contributed by atoms with E-state index >= 15 is 0 Å². The molecule has 0 unspecified atom stereocenters. The summed E-state index contributed by atoms with van der Waals surface area (Å²) in [6.45, 7) is 12.6. The van der Waals surface area contributed by atoms with Gasteiger partial charge in [0.1, 0.15) is 0 Å². The quantitative estimate of drug-likeness (QED) is 0.581. The lowest BCUT2D eigenvalue weighted by Crippen LogP contribution is -2.57. The third kappa shape index (κ3) is 4.54. The SMILES string of the molecule is C=CC1(NC(=O)C(Cl)(Cl)Cl)CC(C)(C)CC(C)(C)C1. The molecule has 0 atom stereocenters. The number of nitrogens with one attached hydrogen (secondary N) is 1. The van der Waals surface area contributed by atoms with Gasteiger partial charge in [0.2, 0.25) is 0 Å². The third-order valence-corrected chi connectivity index (χ3v) is 4.07. The highest BCUT2D eigenvalue weighted by Crippen LogP contribution is 2.50. The lowest BCUT2D eigenvalue weighted by molar-refractivity contribution is -0.123. The maximum Gasteiger partial charge on any atom is 0.272 e. The lowest BCUT2D eigenvalue weighted by Gasteiger charge is -2.51. The first-order chi connectivity index (χ1) is 8.31. The molecular formula is C14H22Cl3NO. The van der Waals surface area contributed by atoms with Crippen LogP contribution in [0.25, 0.3) is 0 Å². The standard InChI is InChI=1S/C14H22Cl3NO/c1-6-13(18-10(19)14(15,16)17)8-11(2,3)7-12(4,5)9-13/h6H,1,7-9H2,2-5H3,(H,18,19). The Hall–Kier alpha value is 0.0800. The minimum atomic E-state index is -1.94. The van der Waals surface area contributed by atoms with E-state index in [2.05, 4.69) is 39.6 Å². The molecular weight excluding hydrogens is 305 g/mol. The van der Waals surface area contributed by atoms with Crippen LogP contribution in [-0.2, 0) is 4.79 Å². The van der Waals surface area contributed by atoms with Crippen molar-refractivity contribution in [2.24, 2.45) is 10.8 Å². The van der Waals surface area contributed by atoms with Crippen LogP contribution in [0.15, 0.2) is 12.7 Å². The van der Waals surface area contributed by atoms with E-state index in [0.29, 0.717) is 0 Å². The Morgan fingerprint density at radius 1 is 1.11 bits per heavy atom. The smallest absolute Gasteiger partial charge is 0.272 e. The van der Waals surface area contributed by atoms with Gasteiger partial charge < -0.3 is 5.32 Å². The Bertz CT molecular complexity index is 367. The molecule has 1 aliphatic rings. The van der Waals surface area contributed by atoms with Gasteiger partial charge in [-0.2, -0.15) is 0 Å². The van der Waals surface area contributed by atoms with Gasteiger partial charge in [-0.05, 0) is 30.1 Å². The minimum Gasteiger partial charge on any atom is -0.343 e. The number of halogens is 3. The summed E-state index contributed by atoms with van der Waals surface area (Å²) in [5, 5.41) is 2.88. The molecule has 0 aliphatic heterocycles. The molecule has 1 fully saturated rings. The maximum atomic E-state index is 12.0. The van der Waals surface area contributed by atoms with Crippen molar-refractivity contribution in [3.05, 3.63) is 12.7 Å². The number of rotatable bonds is 2. The van der Waals surface area contributed by atoms with Crippen molar-refractivity contribution in [2.45, 2.75) is 56.3 Å². The van der Waals surface area contributed by atoms with Crippen molar-refractivity contribution in [1.29, 1.82) is 0 Å². The van der Waals surface area contributed by atoms with Crippen LogP contribution in [0.5, 0.6) is 0 Å². The number of hydrogen-bond donors (Lipinski definition) is 1. The van der Waals surface area contributed by atoms with Crippen LogP contribution in [0.3, 0.4) is 0 Å². The summed E-state index contributed by atoms with van der Waals surface area (Å²) in [6, 6.07) is 0. The normalized spacial score (nSPS) is 24.6. The van der Waals surface area contributed by atoms with E-state index in [-0.39, 0.29) is 10.8 Å². The van der Waals surface area contributed by atoms with Gasteiger partial charge in [-0.15, -0.1) is 6.58 Å². The first-order valence-electron chi connectivity index (χ1n) is 6.34. The summed E-state index contributed by atoms with van der Waals surface area (Å²) in [6.07, 6.45) is 4.45. The molecule has 5 heteroatoms. The maximum absolute atomic E-state index is 12.0. The van der Waals surface area contributed by atoms with Gasteiger partial charge in [0.25, 0.3) is 9.70 Å². The first-order valence-corrected chi connectivity index (χ1v) is 7.47. The molecule has 19 heavy (non-hydrogen) atoms. The molecule has 1 N–H and O–H groups in total. The van der Waals surface area contributed by atoms with Crippen LogP contribution in [0.4, 0.5) is 0 Å². The van der Waals surface area contributed by atoms with E-state index in [4.69, 9.17) is 34.8 Å². The fourth-order valence-corrected chi connectivity index (χ4v) is 3.91. The summed E-state index contributed by atoms with van der Waals surface area (Å²) in [4.78, 5) is 12.0. The van der Waals surface area contributed by atoms with E-state index in [0.717, 1.165) is 19.3 Å². The average molecular weight is 327 g/mol. The van der Waals surface area contributed by atoms with Crippen LogP contribution < -0.4 is 5.32 Å². The van der Waals surface area contributed by atoms with E-state index in [1.54, 1.807) is 6.08 Å². The summed E-state index contributed by atoms with van der Waals surface area (Å²) in [5.41, 5.74) is -0.333. The molecule has 0 aromatic heterocycles. The van der Waals surface area contributed by atoms with Crippen LogP contribution in [0.2, 0.25) is 0 Å². The van der Waals surface area contributed by atoms with Crippen LogP contribution in [-0.4, -0.2) is 15.2 Å². The van der Waals surface area contributed by atoms with Gasteiger partial charge in [-0.3, -0.25) is 4.79 Å². The molecule has 0 spiro atoms. The van der Waals surface area contributed by atoms with Gasteiger partial charge in [-0.25, -0.2) is 0 Å². The van der Waals surface area contributed by atoms with Gasteiger partial charge in [0.05, 0.1) is 5.54 Å². The number of carbonyl (C=O) groups excluding carboxylic acids is 1. The summed E-state index contributed by atoms with van der Waals surface area (Å²) >= 11 is 16.9. The molecule has 1 amide bonds.